The molecule has 6 heteroatoms. The van der Waals surface area contributed by atoms with Crippen molar-refractivity contribution in [1.29, 1.82) is 0 Å². The average molecular weight is 352 g/mol. The molecule has 0 spiro atoms. The third-order valence-corrected chi connectivity index (χ3v) is 4.55. The maximum atomic E-state index is 13.1. The van der Waals surface area contributed by atoms with Gasteiger partial charge in [-0.3, -0.25) is 4.79 Å². The number of halogens is 1. The van der Waals surface area contributed by atoms with Crippen LogP contribution in [0.25, 0.3) is 11.0 Å². The second kappa shape index (κ2) is 6.63. The lowest BCUT2D eigenvalue weighted by atomic mass is 10.1. The molecule has 132 valence electrons. The predicted octanol–water partition coefficient (Wildman–Crippen LogP) is 3.78. The highest BCUT2D eigenvalue weighted by molar-refractivity contribution is 6.08. The molecular formula is C20H17FN2O3. The lowest BCUT2D eigenvalue weighted by Crippen LogP contribution is -2.25. The molecule has 1 aromatic heterocycles. The van der Waals surface area contributed by atoms with Gasteiger partial charge in [0.2, 0.25) is 0 Å². The van der Waals surface area contributed by atoms with E-state index in [9.17, 15) is 14.0 Å². The zero-order valence-corrected chi connectivity index (χ0v) is 14.0. The van der Waals surface area contributed by atoms with Crippen LogP contribution in [0.2, 0.25) is 0 Å². The first-order valence-electron chi connectivity index (χ1n) is 8.51. The predicted molar refractivity (Wildman–Crippen MR) is 98.3 cm³/mol. The zero-order valence-electron chi connectivity index (χ0n) is 14.0. The van der Waals surface area contributed by atoms with Crippen molar-refractivity contribution in [2.75, 3.05) is 23.3 Å². The van der Waals surface area contributed by atoms with Crippen LogP contribution in [0.15, 0.2) is 57.7 Å². The number of carbonyl (C=O) groups is 1. The highest BCUT2D eigenvalue weighted by Crippen LogP contribution is 2.34. The SMILES string of the molecule is O=C(Nc1c(N2CCCC2)c2ccccc2oc1=O)c1ccc(F)cc1. The molecule has 0 radical (unpaired) electrons. The molecule has 4 rings (SSSR count). The number of carbonyl (C=O) groups excluding carboxylic acids is 1. The Labute approximate surface area is 149 Å². The monoisotopic (exact) mass is 352 g/mol. The minimum atomic E-state index is -0.596. The Balaban J connectivity index is 1.81. The Bertz CT molecular complexity index is 1020. The van der Waals surface area contributed by atoms with Crippen molar-refractivity contribution in [3.8, 4) is 0 Å². The summed E-state index contributed by atoms with van der Waals surface area (Å²) in [5, 5.41) is 3.46. The highest BCUT2D eigenvalue weighted by Gasteiger charge is 2.24. The maximum absolute atomic E-state index is 13.1. The fourth-order valence-corrected chi connectivity index (χ4v) is 3.30. The summed E-state index contributed by atoms with van der Waals surface area (Å²) in [6, 6.07) is 12.5. The number of para-hydroxylation sites is 1. The fraction of sp³-hybridized carbons (Fsp3) is 0.200. The number of fused-ring (bicyclic) bond motifs is 1. The summed E-state index contributed by atoms with van der Waals surface area (Å²) in [6.45, 7) is 1.62. The summed E-state index contributed by atoms with van der Waals surface area (Å²) in [5.74, 6) is -0.905. The number of rotatable bonds is 3. The molecule has 1 fully saturated rings. The van der Waals surface area contributed by atoms with Gasteiger partial charge < -0.3 is 14.6 Å². The van der Waals surface area contributed by atoms with Crippen LogP contribution in [0.4, 0.5) is 15.8 Å². The number of nitrogens with one attached hydrogen (secondary N) is 1. The molecule has 2 aromatic carbocycles. The van der Waals surface area contributed by atoms with Gasteiger partial charge in [0, 0.05) is 24.0 Å². The number of amides is 1. The lowest BCUT2D eigenvalue weighted by molar-refractivity contribution is 0.102. The third-order valence-electron chi connectivity index (χ3n) is 4.55. The first-order chi connectivity index (χ1) is 12.6. The Kier molecular flexibility index (Phi) is 4.16. The van der Waals surface area contributed by atoms with E-state index in [-0.39, 0.29) is 11.3 Å². The average Bonchev–Trinajstić information content (AvgIpc) is 3.17. The molecule has 1 amide bonds. The van der Waals surface area contributed by atoms with Crippen molar-refractivity contribution < 1.29 is 13.6 Å². The van der Waals surface area contributed by atoms with E-state index in [1.54, 1.807) is 12.1 Å². The van der Waals surface area contributed by atoms with Crippen LogP contribution in [-0.4, -0.2) is 19.0 Å². The van der Waals surface area contributed by atoms with Crippen LogP contribution >= 0.6 is 0 Å². The quantitative estimate of drug-likeness (QED) is 0.729. The van der Waals surface area contributed by atoms with E-state index in [1.807, 2.05) is 12.1 Å². The molecule has 26 heavy (non-hydrogen) atoms. The van der Waals surface area contributed by atoms with Gasteiger partial charge in [-0.05, 0) is 49.2 Å². The second-order valence-electron chi connectivity index (χ2n) is 6.26. The second-order valence-corrected chi connectivity index (χ2v) is 6.26. The minimum Gasteiger partial charge on any atom is -0.421 e. The Morgan fingerprint density at radius 1 is 1.04 bits per heavy atom. The Morgan fingerprint density at radius 3 is 2.46 bits per heavy atom. The van der Waals surface area contributed by atoms with E-state index in [1.165, 1.54) is 24.3 Å². The van der Waals surface area contributed by atoms with Gasteiger partial charge in [-0.1, -0.05) is 12.1 Å². The summed E-state index contributed by atoms with van der Waals surface area (Å²) in [6.07, 6.45) is 2.06. The molecule has 5 nitrogen and oxygen atoms in total. The van der Waals surface area contributed by atoms with E-state index in [2.05, 4.69) is 10.2 Å². The molecule has 0 unspecified atom stereocenters. The normalized spacial score (nSPS) is 14.0. The van der Waals surface area contributed by atoms with Crippen LogP contribution in [0.5, 0.6) is 0 Å². The molecule has 2 heterocycles. The smallest absolute Gasteiger partial charge is 0.362 e. The van der Waals surface area contributed by atoms with Gasteiger partial charge in [0.25, 0.3) is 5.91 Å². The minimum absolute atomic E-state index is 0.125. The summed E-state index contributed by atoms with van der Waals surface area (Å²) in [7, 11) is 0. The zero-order chi connectivity index (χ0) is 18.1. The van der Waals surface area contributed by atoms with Crippen LogP contribution < -0.4 is 15.8 Å². The van der Waals surface area contributed by atoms with Crippen molar-refractivity contribution in [2.45, 2.75) is 12.8 Å². The van der Waals surface area contributed by atoms with Crippen LogP contribution in [0.3, 0.4) is 0 Å². The molecule has 1 saturated heterocycles. The van der Waals surface area contributed by atoms with Gasteiger partial charge in [-0.25, -0.2) is 9.18 Å². The van der Waals surface area contributed by atoms with E-state index < -0.39 is 17.3 Å². The number of hydrogen-bond donors (Lipinski definition) is 1. The first-order valence-corrected chi connectivity index (χ1v) is 8.51. The van der Waals surface area contributed by atoms with Crippen molar-refractivity contribution in [2.24, 2.45) is 0 Å². The van der Waals surface area contributed by atoms with Crippen molar-refractivity contribution in [3.63, 3.8) is 0 Å². The molecule has 0 aliphatic carbocycles. The molecule has 0 bridgehead atoms. The topological polar surface area (TPSA) is 62.6 Å². The third kappa shape index (κ3) is 2.94. The van der Waals surface area contributed by atoms with Crippen LogP contribution in [0.1, 0.15) is 23.2 Å². The van der Waals surface area contributed by atoms with Gasteiger partial charge in [0.15, 0.2) is 5.69 Å². The van der Waals surface area contributed by atoms with Crippen LogP contribution in [-0.2, 0) is 0 Å². The molecule has 0 saturated carbocycles. The summed E-state index contributed by atoms with van der Waals surface area (Å²) in [4.78, 5) is 27.2. The summed E-state index contributed by atoms with van der Waals surface area (Å²) in [5.41, 5.74) is 0.969. The first kappa shape index (κ1) is 16.3. The number of anilines is 2. The molecule has 1 aliphatic heterocycles. The van der Waals surface area contributed by atoms with Crippen molar-refractivity contribution in [3.05, 3.63) is 70.3 Å². The molecular weight excluding hydrogens is 335 g/mol. The van der Waals surface area contributed by atoms with Gasteiger partial charge >= 0.3 is 5.63 Å². The number of nitrogens with zero attached hydrogens (tertiary/aromatic N) is 1. The molecule has 1 N–H and O–H groups in total. The Hall–Kier alpha value is -3.15. The van der Waals surface area contributed by atoms with Crippen molar-refractivity contribution >= 4 is 28.3 Å². The fourth-order valence-electron chi connectivity index (χ4n) is 3.30. The van der Waals surface area contributed by atoms with E-state index >= 15 is 0 Å². The molecule has 1 aliphatic rings. The highest BCUT2D eigenvalue weighted by atomic mass is 19.1. The van der Waals surface area contributed by atoms with Gasteiger partial charge in [-0.15, -0.1) is 0 Å². The van der Waals surface area contributed by atoms with Gasteiger partial charge in [0.05, 0.1) is 5.69 Å². The summed E-state index contributed by atoms with van der Waals surface area (Å²) < 4.78 is 18.5. The largest absolute Gasteiger partial charge is 0.421 e. The Morgan fingerprint density at radius 2 is 1.73 bits per heavy atom. The summed E-state index contributed by atoms with van der Waals surface area (Å²) >= 11 is 0. The van der Waals surface area contributed by atoms with E-state index in [0.717, 1.165) is 31.3 Å². The standard InChI is InChI=1S/C20H17FN2O3/c21-14-9-7-13(8-10-14)19(24)22-17-18(23-11-3-4-12-23)15-5-1-2-6-16(15)26-20(17)25/h1-2,5-10H,3-4,11-12H2,(H,22,24). The maximum Gasteiger partial charge on any atom is 0.362 e. The van der Waals surface area contributed by atoms with Crippen molar-refractivity contribution in [1.82, 2.24) is 0 Å². The molecule has 0 atom stereocenters. The van der Waals surface area contributed by atoms with Crippen LogP contribution in [0, 0.1) is 5.82 Å². The van der Waals surface area contributed by atoms with E-state index in [4.69, 9.17) is 4.42 Å². The van der Waals surface area contributed by atoms with E-state index in [0.29, 0.717) is 11.3 Å². The number of hydrogen-bond acceptors (Lipinski definition) is 4. The number of benzene rings is 2. The lowest BCUT2D eigenvalue weighted by Gasteiger charge is -2.22. The van der Waals surface area contributed by atoms with Gasteiger partial charge in [-0.2, -0.15) is 0 Å². The molecule has 3 aromatic rings. The van der Waals surface area contributed by atoms with Gasteiger partial charge in [0.1, 0.15) is 11.4 Å².